The highest BCUT2D eigenvalue weighted by Gasteiger charge is 2.40. The first-order valence-corrected chi connectivity index (χ1v) is 11.4. The van der Waals surface area contributed by atoms with Crippen LogP contribution in [0.4, 0.5) is 0 Å². The number of hydrogen-bond donors (Lipinski definition) is 3. The van der Waals surface area contributed by atoms with Gasteiger partial charge in [0.25, 0.3) is 0 Å². The zero-order valence-corrected chi connectivity index (χ0v) is 18.7. The summed E-state index contributed by atoms with van der Waals surface area (Å²) in [5, 5.41) is 15.0. The number of rotatable bonds is 8. The van der Waals surface area contributed by atoms with Gasteiger partial charge in [0.1, 0.15) is 6.04 Å². The molecule has 34 heavy (non-hydrogen) atoms. The molecule has 5 rings (SSSR count). The van der Waals surface area contributed by atoms with Crippen molar-refractivity contribution in [2.24, 2.45) is 0 Å². The lowest BCUT2D eigenvalue weighted by atomic mass is 9.76. The summed E-state index contributed by atoms with van der Waals surface area (Å²) in [7, 11) is 0. The molecule has 1 atom stereocenters. The number of H-pyrrole nitrogens is 1. The van der Waals surface area contributed by atoms with Gasteiger partial charge in [0.2, 0.25) is 0 Å². The molecule has 3 N–H and O–H groups in total. The summed E-state index contributed by atoms with van der Waals surface area (Å²) in [5.74, 6) is -0.891. The molecule has 168 valence electrons. The molecule has 0 radical (unpaired) electrons. The predicted octanol–water partition coefficient (Wildman–Crippen LogP) is 5.75. The molecule has 0 amide bonds. The maximum atomic E-state index is 12.7. The first kappa shape index (κ1) is 21.7. The lowest BCUT2D eigenvalue weighted by molar-refractivity contribution is -0.139. The van der Waals surface area contributed by atoms with Crippen molar-refractivity contribution in [3.8, 4) is 0 Å². The minimum absolute atomic E-state index is 0.341. The Hall–Kier alpha value is -4.15. The molecule has 0 aliphatic carbocycles. The van der Waals surface area contributed by atoms with Crippen molar-refractivity contribution in [2.45, 2.75) is 18.0 Å². The van der Waals surface area contributed by atoms with Crippen LogP contribution in [0, 0.1) is 0 Å². The lowest BCUT2D eigenvalue weighted by Gasteiger charge is -2.39. The molecule has 0 unspecified atom stereocenters. The lowest BCUT2D eigenvalue weighted by Crippen LogP contribution is -2.53. The molecule has 0 saturated carbocycles. The maximum Gasteiger partial charge on any atom is 0.321 e. The van der Waals surface area contributed by atoms with Crippen LogP contribution in [0.2, 0.25) is 0 Å². The second-order valence-electron chi connectivity index (χ2n) is 8.45. The Bertz CT molecular complexity index is 1280. The maximum absolute atomic E-state index is 12.7. The van der Waals surface area contributed by atoms with Gasteiger partial charge in [-0.05, 0) is 28.3 Å². The van der Waals surface area contributed by atoms with Crippen LogP contribution < -0.4 is 5.32 Å². The molecule has 1 aromatic heterocycles. The molecule has 4 aromatic carbocycles. The van der Waals surface area contributed by atoms with E-state index in [4.69, 9.17) is 0 Å². The fraction of sp³-hybridized carbons (Fsp3) is 0.100. The van der Waals surface area contributed by atoms with E-state index in [1.807, 2.05) is 85.1 Å². The zero-order chi connectivity index (χ0) is 23.4. The van der Waals surface area contributed by atoms with Crippen LogP contribution in [0.25, 0.3) is 10.9 Å². The molecular formula is C30H26N2O2. The fourth-order valence-corrected chi connectivity index (χ4v) is 4.80. The highest BCUT2D eigenvalue weighted by molar-refractivity contribution is 5.84. The number of aromatic nitrogens is 1. The molecule has 0 fully saturated rings. The summed E-state index contributed by atoms with van der Waals surface area (Å²) in [6.45, 7) is 0. The van der Waals surface area contributed by atoms with Gasteiger partial charge in [-0.3, -0.25) is 10.1 Å². The Morgan fingerprint density at radius 2 is 1.21 bits per heavy atom. The SMILES string of the molecule is O=C(O)[C@@H](Cc1c[nH]c2ccccc12)NC(c1ccccc1)(c1ccccc1)c1ccccc1. The van der Waals surface area contributed by atoms with Crippen LogP contribution in [0.15, 0.2) is 121 Å². The summed E-state index contributed by atoms with van der Waals surface area (Å²) >= 11 is 0. The van der Waals surface area contributed by atoms with Crippen LogP contribution in [-0.2, 0) is 16.8 Å². The number of carboxylic acid groups (broad SMARTS) is 1. The third-order valence-corrected chi connectivity index (χ3v) is 6.41. The van der Waals surface area contributed by atoms with Crippen LogP contribution in [0.5, 0.6) is 0 Å². The summed E-state index contributed by atoms with van der Waals surface area (Å²) in [6, 6.07) is 37.4. The van der Waals surface area contributed by atoms with E-state index >= 15 is 0 Å². The van der Waals surface area contributed by atoms with E-state index in [9.17, 15) is 9.90 Å². The van der Waals surface area contributed by atoms with E-state index < -0.39 is 17.6 Å². The van der Waals surface area contributed by atoms with Crippen molar-refractivity contribution >= 4 is 16.9 Å². The Kier molecular flexibility index (Phi) is 5.98. The minimum atomic E-state index is -0.891. The quantitative estimate of drug-likeness (QED) is 0.266. The van der Waals surface area contributed by atoms with Gasteiger partial charge in [-0.2, -0.15) is 0 Å². The van der Waals surface area contributed by atoms with Gasteiger partial charge >= 0.3 is 5.97 Å². The summed E-state index contributed by atoms with van der Waals surface area (Å²) in [5.41, 5.74) is 4.08. The van der Waals surface area contributed by atoms with Crippen molar-refractivity contribution in [3.05, 3.63) is 144 Å². The first-order valence-electron chi connectivity index (χ1n) is 11.4. The predicted molar refractivity (Wildman–Crippen MR) is 136 cm³/mol. The number of para-hydroxylation sites is 1. The molecule has 4 nitrogen and oxygen atoms in total. The van der Waals surface area contributed by atoms with Crippen molar-refractivity contribution in [2.75, 3.05) is 0 Å². The fourth-order valence-electron chi connectivity index (χ4n) is 4.80. The van der Waals surface area contributed by atoms with Gasteiger partial charge in [-0.15, -0.1) is 0 Å². The average Bonchev–Trinajstić information content (AvgIpc) is 3.31. The average molecular weight is 447 g/mol. The van der Waals surface area contributed by atoms with Crippen LogP contribution in [0.3, 0.4) is 0 Å². The topological polar surface area (TPSA) is 65.1 Å². The first-order chi connectivity index (χ1) is 16.7. The smallest absolute Gasteiger partial charge is 0.321 e. The normalized spacial score (nSPS) is 12.5. The Labute approximate surface area is 198 Å². The molecule has 0 spiro atoms. The highest BCUT2D eigenvalue weighted by atomic mass is 16.4. The van der Waals surface area contributed by atoms with E-state index in [2.05, 4.69) is 46.7 Å². The van der Waals surface area contributed by atoms with Gasteiger partial charge < -0.3 is 10.1 Å². The van der Waals surface area contributed by atoms with E-state index in [0.717, 1.165) is 33.2 Å². The number of benzene rings is 4. The third-order valence-electron chi connectivity index (χ3n) is 6.41. The van der Waals surface area contributed by atoms with Crippen LogP contribution in [-0.4, -0.2) is 22.1 Å². The van der Waals surface area contributed by atoms with E-state index in [0.29, 0.717) is 6.42 Å². The largest absolute Gasteiger partial charge is 0.480 e. The van der Waals surface area contributed by atoms with Crippen LogP contribution in [0.1, 0.15) is 22.3 Å². The number of aromatic amines is 1. The second-order valence-corrected chi connectivity index (χ2v) is 8.45. The number of carboxylic acids is 1. The third kappa shape index (κ3) is 4.00. The Balaban J connectivity index is 1.67. The van der Waals surface area contributed by atoms with E-state index in [1.54, 1.807) is 0 Å². The van der Waals surface area contributed by atoms with E-state index in [-0.39, 0.29) is 0 Å². The van der Waals surface area contributed by atoms with Gasteiger partial charge in [0.15, 0.2) is 0 Å². The number of fused-ring (bicyclic) bond motifs is 1. The number of aliphatic carboxylic acids is 1. The highest BCUT2D eigenvalue weighted by Crippen LogP contribution is 2.37. The molecule has 5 aromatic rings. The summed E-state index contributed by atoms with van der Waals surface area (Å²) < 4.78 is 0. The van der Waals surface area contributed by atoms with Gasteiger partial charge in [-0.1, -0.05) is 109 Å². The summed E-state index contributed by atoms with van der Waals surface area (Å²) in [4.78, 5) is 15.9. The number of carbonyl (C=O) groups is 1. The van der Waals surface area contributed by atoms with Gasteiger partial charge in [0.05, 0.1) is 5.54 Å². The molecule has 0 aliphatic rings. The molecule has 0 aliphatic heterocycles. The van der Waals surface area contributed by atoms with Crippen molar-refractivity contribution in [1.29, 1.82) is 0 Å². The monoisotopic (exact) mass is 446 g/mol. The zero-order valence-electron chi connectivity index (χ0n) is 18.7. The van der Waals surface area contributed by atoms with Crippen molar-refractivity contribution in [3.63, 3.8) is 0 Å². The molecule has 0 saturated heterocycles. The van der Waals surface area contributed by atoms with Crippen molar-refractivity contribution < 1.29 is 9.90 Å². The number of nitrogens with one attached hydrogen (secondary N) is 2. The van der Waals surface area contributed by atoms with Crippen LogP contribution >= 0.6 is 0 Å². The van der Waals surface area contributed by atoms with Crippen molar-refractivity contribution in [1.82, 2.24) is 10.3 Å². The minimum Gasteiger partial charge on any atom is -0.480 e. The molecule has 0 bridgehead atoms. The Morgan fingerprint density at radius 3 is 1.71 bits per heavy atom. The number of hydrogen-bond acceptors (Lipinski definition) is 2. The Morgan fingerprint density at radius 1 is 0.735 bits per heavy atom. The molecular weight excluding hydrogens is 420 g/mol. The van der Waals surface area contributed by atoms with E-state index in [1.165, 1.54) is 0 Å². The molecule has 1 heterocycles. The second kappa shape index (κ2) is 9.38. The molecule has 4 heteroatoms. The van der Waals surface area contributed by atoms with Gasteiger partial charge in [-0.25, -0.2) is 0 Å². The van der Waals surface area contributed by atoms with Gasteiger partial charge in [0, 0.05) is 23.5 Å². The standard InChI is InChI=1S/C30H26N2O2/c33-29(34)28(20-22-21-31-27-19-11-10-18-26(22)27)32-30(23-12-4-1-5-13-23,24-14-6-2-7-15-24)25-16-8-3-9-17-25/h1-19,21,28,31-32H,20H2,(H,33,34)/t28-/m1/s1. The summed E-state index contributed by atoms with van der Waals surface area (Å²) in [6.07, 6.45) is 2.26.